The number of rotatable bonds is 4. The van der Waals surface area contributed by atoms with Crippen LogP contribution in [0.5, 0.6) is 0 Å². The van der Waals surface area contributed by atoms with Gasteiger partial charge in [-0.2, -0.15) is 0 Å². The first-order valence-electron chi connectivity index (χ1n) is 4.42. The summed E-state index contributed by atoms with van der Waals surface area (Å²) in [5.41, 5.74) is 6.50. The summed E-state index contributed by atoms with van der Waals surface area (Å²) in [5.74, 6) is 0.285. The van der Waals surface area contributed by atoms with Gasteiger partial charge in [-0.25, -0.2) is 4.98 Å². The van der Waals surface area contributed by atoms with Gasteiger partial charge in [-0.3, -0.25) is 4.79 Å². The molecule has 0 aliphatic carbocycles. The molecule has 78 valence electrons. The molecule has 0 bridgehead atoms. The summed E-state index contributed by atoms with van der Waals surface area (Å²) in [6.45, 7) is 3.63. The van der Waals surface area contributed by atoms with Crippen molar-refractivity contribution in [3.05, 3.63) is 17.3 Å². The first kappa shape index (κ1) is 10.7. The summed E-state index contributed by atoms with van der Waals surface area (Å²) < 4.78 is 5.28. The lowest BCUT2D eigenvalue weighted by molar-refractivity contribution is -0.137. The predicted molar refractivity (Wildman–Crippen MR) is 49.8 cm³/mol. The molecular formula is C9H14N2O3. The lowest BCUT2D eigenvalue weighted by atomic mass is 10.2. The highest BCUT2D eigenvalue weighted by Crippen LogP contribution is 2.17. The van der Waals surface area contributed by atoms with E-state index in [9.17, 15) is 4.79 Å². The standard InChI is InChI=1S/C9H14N2O3/c1-5-6(2)14-9(11-5)7(10)3-4-8(12)13/h7H,3-4,10H2,1-2H3,(H,12,13). The van der Waals surface area contributed by atoms with Crippen LogP contribution in [-0.2, 0) is 4.79 Å². The third-order valence-corrected chi connectivity index (χ3v) is 2.03. The number of hydrogen-bond acceptors (Lipinski definition) is 4. The Morgan fingerprint density at radius 2 is 2.29 bits per heavy atom. The van der Waals surface area contributed by atoms with E-state index in [4.69, 9.17) is 15.3 Å². The van der Waals surface area contributed by atoms with E-state index in [0.29, 0.717) is 12.3 Å². The van der Waals surface area contributed by atoms with E-state index in [1.807, 2.05) is 6.92 Å². The fourth-order valence-corrected chi connectivity index (χ4v) is 1.06. The molecule has 0 amide bonds. The van der Waals surface area contributed by atoms with Gasteiger partial charge in [0.05, 0.1) is 11.7 Å². The van der Waals surface area contributed by atoms with Gasteiger partial charge in [0.1, 0.15) is 5.76 Å². The van der Waals surface area contributed by atoms with E-state index < -0.39 is 12.0 Å². The van der Waals surface area contributed by atoms with Crippen LogP contribution in [-0.4, -0.2) is 16.1 Å². The lowest BCUT2D eigenvalue weighted by Gasteiger charge is -2.04. The number of carboxylic acid groups (broad SMARTS) is 1. The third kappa shape index (κ3) is 2.56. The lowest BCUT2D eigenvalue weighted by Crippen LogP contribution is -2.12. The van der Waals surface area contributed by atoms with Crippen LogP contribution in [0.25, 0.3) is 0 Å². The average Bonchev–Trinajstić information content (AvgIpc) is 2.43. The van der Waals surface area contributed by atoms with Gasteiger partial charge in [-0.05, 0) is 20.3 Å². The molecule has 0 radical (unpaired) electrons. The SMILES string of the molecule is Cc1nc(C(N)CCC(=O)O)oc1C. The zero-order valence-electron chi connectivity index (χ0n) is 8.28. The molecule has 3 N–H and O–H groups in total. The van der Waals surface area contributed by atoms with Crippen LogP contribution >= 0.6 is 0 Å². The summed E-state index contributed by atoms with van der Waals surface area (Å²) >= 11 is 0. The molecular weight excluding hydrogens is 184 g/mol. The van der Waals surface area contributed by atoms with Gasteiger partial charge in [0, 0.05) is 6.42 Å². The van der Waals surface area contributed by atoms with Crippen LogP contribution in [0.3, 0.4) is 0 Å². The van der Waals surface area contributed by atoms with Gasteiger partial charge in [0.15, 0.2) is 0 Å². The smallest absolute Gasteiger partial charge is 0.303 e. The molecule has 5 nitrogen and oxygen atoms in total. The van der Waals surface area contributed by atoms with Crippen LogP contribution in [0.4, 0.5) is 0 Å². The Morgan fingerprint density at radius 1 is 1.64 bits per heavy atom. The van der Waals surface area contributed by atoms with Gasteiger partial charge in [0.25, 0.3) is 0 Å². The van der Waals surface area contributed by atoms with Crippen molar-refractivity contribution >= 4 is 5.97 Å². The van der Waals surface area contributed by atoms with Crippen molar-refractivity contribution in [2.45, 2.75) is 32.7 Å². The second kappa shape index (κ2) is 4.23. The zero-order chi connectivity index (χ0) is 10.7. The van der Waals surface area contributed by atoms with Gasteiger partial charge < -0.3 is 15.3 Å². The van der Waals surface area contributed by atoms with Gasteiger partial charge >= 0.3 is 5.97 Å². The van der Waals surface area contributed by atoms with Crippen LogP contribution in [0, 0.1) is 13.8 Å². The molecule has 1 heterocycles. The van der Waals surface area contributed by atoms with E-state index in [0.717, 1.165) is 11.5 Å². The van der Waals surface area contributed by atoms with Crippen molar-refractivity contribution in [3.63, 3.8) is 0 Å². The van der Waals surface area contributed by atoms with Crippen LogP contribution in [0.2, 0.25) is 0 Å². The highest BCUT2D eigenvalue weighted by atomic mass is 16.4. The normalized spacial score (nSPS) is 12.8. The maximum Gasteiger partial charge on any atom is 0.303 e. The van der Waals surface area contributed by atoms with E-state index >= 15 is 0 Å². The molecule has 0 saturated heterocycles. The Kier molecular flexibility index (Phi) is 3.24. The molecule has 1 atom stereocenters. The molecule has 1 aromatic rings. The molecule has 0 spiro atoms. The van der Waals surface area contributed by atoms with Crippen LogP contribution in [0.15, 0.2) is 4.42 Å². The average molecular weight is 198 g/mol. The summed E-state index contributed by atoms with van der Waals surface area (Å²) in [6, 6.07) is -0.432. The van der Waals surface area contributed by atoms with E-state index in [1.54, 1.807) is 6.92 Å². The molecule has 0 aliphatic heterocycles. The molecule has 5 heteroatoms. The molecule has 14 heavy (non-hydrogen) atoms. The third-order valence-electron chi connectivity index (χ3n) is 2.03. The number of nitrogens with zero attached hydrogens (tertiary/aromatic N) is 1. The number of nitrogens with two attached hydrogens (primary N) is 1. The van der Waals surface area contributed by atoms with Gasteiger partial charge in [-0.1, -0.05) is 0 Å². The zero-order valence-corrected chi connectivity index (χ0v) is 8.28. The Hall–Kier alpha value is -1.36. The first-order valence-corrected chi connectivity index (χ1v) is 4.42. The Labute approximate surface area is 81.9 Å². The van der Waals surface area contributed by atoms with Crippen LogP contribution < -0.4 is 5.73 Å². The molecule has 1 aromatic heterocycles. The number of aliphatic carboxylic acids is 1. The molecule has 0 aromatic carbocycles. The van der Waals surface area contributed by atoms with Crippen molar-refractivity contribution in [2.24, 2.45) is 5.73 Å². The topological polar surface area (TPSA) is 89.3 Å². The number of carbonyl (C=O) groups is 1. The van der Waals surface area contributed by atoms with Crippen molar-refractivity contribution < 1.29 is 14.3 Å². The summed E-state index contributed by atoms with van der Waals surface area (Å²) in [6.07, 6.45) is 0.371. The van der Waals surface area contributed by atoms with E-state index in [2.05, 4.69) is 4.98 Å². The Morgan fingerprint density at radius 3 is 2.71 bits per heavy atom. The second-order valence-corrected chi connectivity index (χ2v) is 3.23. The minimum atomic E-state index is -0.861. The highest BCUT2D eigenvalue weighted by molar-refractivity contribution is 5.66. The summed E-state index contributed by atoms with van der Waals surface area (Å²) in [7, 11) is 0. The van der Waals surface area contributed by atoms with E-state index in [1.165, 1.54) is 0 Å². The molecule has 1 rings (SSSR count). The number of oxazole rings is 1. The largest absolute Gasteiger partial charge is 0.481 e. The molecule has 0 saturated carbocycles. The van der Waals surface area contributed by atoms with Crippen molar-refractivity contribution in [3.8, 4) is 0 Å². The Balaban J connectivity index is 2.60. The summed E-state index contributed by atoms with van der Waals surface area (Å²) in [5, 5.41) is 8.46. The van der Waals surface area contributed by atoms with Gasteiger partial charge in [0.2, 0.25) is 5.89 Å². The molecule has 0 aliphatic rings. The quantitative estimate of drug-likeness (QED) is 0.757. The van der Waals surface area contributed by atoms with Crippen LogP contribution in [0.1, 0.15) is 36.2 Å². The fourth-order valence-electron chi connectivity index (χ4n) is 1.06. The van der Waals surface area contributed by atoms with Gasteiger partial charge in [-0.15, -0.1) is 0 Å². The fraction of sp³-hybridized carbons (Fsp3) is 0.556. The maximum absolute atomic E-state index is 10.3. The van der Waals surface area contributed by atoms with E-state index in [-0.39, 0.29) is 6.42 Å². The number of aromatic nitrogens is 1. The van der Waals surface area contributed by atoms with Crippen molar-refractivity contribution in [1.82, 2.24) is 4.98 Å². The minimum Gasteiger partial charge on any atom is -0.481 e. The van der Waals surface area contributed by atoms with Crippen molar-refractivity contribution in [1.29, 1.82) is 0 Å². The number of hydrogen-bond donors (Lipinski definition) is 2. The predicted octanol–water partition coefficient (Wildman–Crippen LogP) is 1.16. The highest BCUT2D eigenvalue weighted by Gasteiger charge is 2.15. The maximum atomic E-state index is 10.3. The second-order valence-electron chi connectivity index (χ2n) is 3.23. The summed E-state index contributed by atoms with van der Waals surface area (Å²) in [4.78, 5) is 14.4. The number of aryl methyl sites for hydroxylation is 2. The molecule has 1 unspecified atom stereocenters. The van der Waals surface area contributed by atoms with Crippen molar-refractivity contribution in [2.75, 3.05) is 0 Å². The molecule has 0 fully saturated rings. The first-order chi connectivity index (χ1) is 6.50. The Bertz CT molecular complexity index is 313. The number of carboxylic acids is 1. The minimum absolute atomic E-state index is 0.0294. The monoisotopic (exact) mass is 198 g/mol.